The largest absolute Gasteiger partial charge is 0.441 e. The molecule has 0 radical (unpaired) electrons. The van der Waals surface area contributed by atoms with Crippen molar-refractivity contribution in [1.29, 1.82) is 0 Å². The molecule has 0 atom stereocenters. The van der Waals surface area contributed by atoms with Crippen molar-refractivity contribution >= 4 is 21.1 Å². The van der Waals surface area contributed by atoms with E-state index in [0.29, 0.717) is 16.4 Å². The molecule has 0 aliphatic heterocycles. The van der Waals surface area contributed by atoms with Gasteiger partial charge in [0.15, 0.2) is 11.5 Å². The first kappa shape index (κ1) is 15.7. The fraction of sp³-hybridized carbons (Fsp3) is 0.235. The molecular weight excluding hydrogens is 312 g/mol. The average molecular weight is 330 g/mol. The maximum atomic E-state index is 12.5. The van der Waals surface area contributed by atoms with Crippen LogP contribution in [0.2, 0.25) is 0 Å². The number of nitrogens with zero attached hydrogens (tertiary/aromatic N) is 1. The van der Waals surface area contributed by atoms with Crippen molar-refractivity contribution in [3.05, 3.63) is 59.0 Å². The lowest BCUT2D eigenvalue weighted by atomic mass is 10.2. The third-order valence-corrected chi connectivity index (χ3v) is 5.20. The van der Waals surface area contributed by atoms with Crippen LogP contribution >= 0.6 is 0 Å². The fourth-order valence-electron chi connectivity index (χ4n) is 2.45. The molecule has 1 heterocycles. The first-order chi connectivity index (χ1) is 10.8. The Morgan fingerprint density at radius 1 is 1.09 bits per heavy atom. The van der Waals surface area contributed by atoms with E-state index in [1.807, 2.05) is 31.2 Å². The maximum absolute atomic E-state index is 12.5. The number of sulfonamides is 1. The molecule has 0 bridgehead atoms. The molecule has 6 heteroatoms. The highest BCUT2D eigenvalue weighted by atomic mass is 32.2. The Labute approximate surface area is 135 Å². The van der Waals surface area contributed by atoms with Crippen LogP contribution in [0.15, 0.2) is 45.7 Å². The molecule has 0 unspecified atom stereocenters. The Hall–Kier alpha value is -2.18. The predicted molar refractivity (Wildman–Crippen MR) is 88.7 cm³/mol. The third kappa shape index (κ3) is 3.28. The molecule has 23 heavy (non-hydrogen) atoms. The first-order valence-corrected chi connectivity index (χ1v) is 8.76. The van der Waals surface area contributed by atoms with Crippen LogP contribution in [-0.4, -0.2) is 13.4 Å². The zero-order valence-electron chi connectivity index (χ0n) is 13.3. The molecule has 0 saturated heterocycles. The molecule has 0 saturated carbocycles. The van der Waals surface area contributed by atoms with Crippen LogP contribution in [-0.2, 0) is 16.6 Å². The van der Waals surface area contributed by atoms with E-state index < -0.39 is 10.0 Å². The molecule has 0 fully saturated rings. The second-order valence-electron chi connectivity index (χ2n) is 5.63. The molecule has 1 N–H and O–H groups in total. The summed E-state index contributed by atoms with van der Waals surface area (Å²) in [5, 5.41) is 0. The van der Waals surface area contributed by atoms with Crippen molar-refractivity contribution in [2.24, 2.45) is 0 Å². The van der Waals surface area contributed by atoms with Crippen molar-refractivity contribution in [1.82, 2.24) is 9.71 Å². The molecule has 1 aromatic heterocycles. The van der Waals surface area contributed by atoms with Crippen LogP contribution in [0, 0.1) is 20.8 Å². The maximum Gasteiger partial charge on any atom is 0.241 e. The van der Waals surface area contributed by atoms with E-state index in [-0.39, 0.29) is 6.54 Å². The lowest BCUT2D eigenvalue weighted by Crippen LogP contribution is -2.24. The van der Waals surface area contributed by atoms with Crippen LogP contribution in [0.25, 0.3) is 11.1 Å². The van der Waals surface area contributed by atoms with Gasteiger partial charge in [-0.15, -0.1) is 0 Å². The number of nitrogens with one attached hydrogen (secondary N) is 1. The SMILES string of the molecule is Cc1ccc(C)c(S(=O)(=O)NCc2ccc3nc(C)oc3c2)c1. The van der Waals surface area contributed by atoms with E-state index in [1.54, 1.807) is 26.0 Å². The van der Waals surface area contributed by atoms with Gasteiger partial charge >= 0.3 is 0 Å². The Morgan fingerprint density at radius 2 is 1.87 bits per heavy atom. The van der Waals surface area contributed by atoms with Gasteiger partial charge in [-0.1, -0.05) is 18.2 Å². The van der Waals surface area contributed by atoms with Gasteiger partial charge in [-0.05, 0) is 48.7 Å². The standard InChI is InChI=1S/C17H18N2O3S/c1-11-4-5-12(2)17(8-11)23(20,21)18-10-14-6-7-15-16(9-14)22-13(3)19-15/h4-9,18H,10H2,1-3H3. The monoisotopic (exact) mass is 330 g/mol. The number of aromatic nitrogens is 1. The van der Waals surface area contributed by atoms with Gasteiger partial charge in [-0.25, -0.2) is 18.1 Å². The number of rotatable bonds is 4. The smallest absolute Gasteiger partial charge is 0.241 e. The Balaban J connectivity index is 1.84. The summed E-state index contributed by atoms with van der Waals surface area (Å²) in [5.74, 6) is 0.591. The predicted octanol–water partition coefficient (Wildman–Crippen LogP) is 3.23. The van der Waals surface area contributed by atoms with Crippen LogP contribution in [0.1, 0.15) is 22.6 Å². The quantitative estimate of drug-likeness (QED) is 0.797. The summed E-state index contributed by atoms with van der Waals surface area (Å²) in [7, 11) is -3.56. The highest BCUT2D eigenvalue weighted by molar-refractivity contribution is 7.89. The molecule has 3 rings (SSSR count). The van der Waals surface area contributed by atoms with Gasteiger partial charge in [-0.2, -0.15) is 0 Å². The average Bonchev–Trinajstić information content (AvgIpc) is 2.87. The van der Waals surface area contributed by atoms with E-state index in [9.17, 15) is 8.42 Å². The van der Waals surface area contributed by atoms with Crippen LogP contribution in [0.5, 0.6) is 0 Å². The van der Waals surface area contributed by atoms with Gasteiger partial charge in [-0.3, -0.25) is 0 Å². The molecule has 0 spiro atoms. The number of aryl methyl sites for hydroxylation is 3. The van der Waals surface area contributed by atoms with Gasteiger partial charge in [0.25, 0.3) is 0 Å². The zero-order chi connectivity index (χ0) is 16.6. The van der Waals surface area contributed by atoms with E-state index >= 15 is 0 Å². The minimum atomic E-state index is -3.56. The Kier molecular flexibility index (Phi) is 3.95. The van der Waals surface area contributed by atoms with Gasteiger partial charge in [0.1, 0.15) is 5.52 Å². The van der Waals surface area contributed by atoms with Crippen molar-refractivity contribution in [2.45, 2.75) is 32.2 Å². The zero-order valence-corrected chi connectivity index (χ0v) is 14.1. The van der Waals surface area contributed by atoms with Crippen molar-refractivity contribution in [3.8, 4) is 0 Å². The molecule has 0 aliphatic rings. The van der Waals surface area contributed by atoms with E-state index in [4.69, 9.17) is 4.42 Å². The van der Waals surface area contributed by atoms with Crippen LogP contribution < -0.4 is 4.72 Å². The Morgan fingerprint density at radius 3 is 2.65 bits per heavy atom. The number of benzene rings is 2. The first-order valence-electron chi connectivity index (χ1n) is 7.28. The van der Waals surface area contributed by atoms with Gasteiger partial charge in [0.05, 0.1) is 4.90 Å². The second kappa shape index (κ2) is 5.79. The molecule has 0 amide bonds. The summed E-state index contributed by atoms with van der Waals surface area (Å²) in [4.78, 5) is 4.54. The highest BCUT2D eigenvalue weighted by Gasteiger charge is 2.16. The molecule has 2 aromatic carbocycles. The lowest BCUT2D eigenvalue weighted by molar-refractivity contribution is 0.560. The van der Waals surface area contributed by atoms with E-state index in [2.05, 4.69) is 9.71 Å². The molecule has 3 aromatic rings. The normalized spacial score (nSPS) is 12.0. The summed E-state index contributed by atoms with van der Waals surface area (Å²) in [5.41, 5.74) is 3.89. The number of oxazole rings is 1. The number of hydrogen-bond donors (Lipinski definition) is 1. The molecule has 5 nitrogen and oxygen atoms in total. The minimum Gasteiger partial charge on any atom is -0.441 e. The van der Waals surface area contributed by atoms with Crippen molar-refractivity contribution in [3.63, 3.8) is 0 Å². The van der Waals surface area contributed by atoms with Gasteiger partial charge in [0, 0.05) is 13.5 Å². The van der Waals surface area contributed by atoms with E-state index in [0.717, 1.165) is 22.2 Å². The summed E-state index contributed by atoms with van der Waals surface area (Å²) in [6.07, 6.45) is 0. The summed E-state index contributed by atoms with van der Waals surface area (Å²) in [6.45, 7) is 5.64. The van der Waals surface area contributed by atoms with Crippen molar-refractivity contribution in [2.75, 3.05) is 0 Å². The molecule has 120 valence electrons. The molecular formula is C17H18N2O3S. The lowest BCUT2D eigenvalue weighted by Gasteiger charge is -2.10. The van der Waals surface area contributed by atoms with Crippen LogP contribution in [0.4, 0.5) is 0 Å². The van der Waals surface area contributed by atoms with Crippen molar-refractivity contribution < 1.29 is 12.8 Å². The van der Waals surface area contributed by atoms with E-state index in [1.165, 1.54) is 0 Å². The third-order valence-electron chi connectivity index (χ3n) is 3.66. The highest BCUT2D eigenvalue weighted by Crippen LogP contribution is 2.19. The summed E-state index contributed by atoms with van der Waals surface area (Å²) in [6, 6.07) is 10.9. The number of fused-ring (bicyclic) bond motifs is 1. The summed E-state index contributed by atoms with van der Waals surface area (Å²) < 4.78 is 33.1. The number of hydrogen-bond acceptors (Lipinski definition) is 4. The second-order valence-corrected chi connectivity index (χ2v) is 7.36. The van der Waals surface area contributed by atoms with Crippen LogP contribution in [0.3, 0.4) is 0 Å². The fourth-order valence-corrected chi connectivity index (χ4v) is 3.79. The Bertz CT molecular complexity index is 975. The van der Waals surface area contributed by atoms with Gasteiger partial charge in [0.2, 0.25) is 10.0 Å². The summed E-state index contributed by atoms with van der Waals surface area (Å²) >= 11 is 0. The topological polar surface area (TPSA) is 72.2 Å². The molecule has 0 aliphatic carbocycles. The minimum absolute atomic E-state index is 0.200. The van der Waals surface area contributed by atoms with Gasteiger partial charge < -0.3 is 4.42 Å².